The summed E-state index contributed by atoms with van der Waals surface area (Å²) in [7, 11) is 0. The number of hydrogen-bond acceptors (Lipinski definition) is 3. The smallest absolute Gasteiger partial charge is 0.229 e. The molecule has 2 aliphatic rings. The van der Waals surface area contributed by atoms with Crippen LogP contribution in [0.25, 0.3) is 0 Å². The van der Waals surface area contributed by atoms with Gasteiger partial charge in [0.25, 0.3) is 0 Å². The van der Waals surface area contributed by atoms with Gasteiger partial charge in [0.05, 0.1) is 17.6 Å². The molecular weight excluding hydrogens is 314 g/mol. The van der Waals surface area contributed by atoms with E-state index in [1.165, 1.54) is 6.42 Å². The van der Waals surface area contributed by atoms with E-state index in [-0.39, 0.29) is 30.2 Å². The lowest BCUT2D eigenvalue weighted by Crippen LogP contribution is -2.45. The largest absolute Gasteiger partial charge is 0.339 e. The molecule has 1 aromatic carbocycles. The van der Waals surface area contributed by atoms with E-state index in [9.17, 15) is 9.59 Å². The van der Waals surface area contributed by atoms with Crippen LogP contribution in [0.4, 0.5) is 5.69 Å². The molecule has 1 heterocycles. The number of nitriles is 1. The molecule has 1 saturated carbocycles. The van der Waals surface area contributed by atoms with Crippen molar-refractivity contribution >= 4 is 17.5 Å². The Hall–Kier alpha value is -2.35. The number of amides is 2. The predicted octanol–water partition coefficient (Wildman–Crippen LogP) is 3.17. The van der Waals surface area contributed by atoms with Crippen molar-refractivity contribution in [3.63, 3.8) is 0 Å². The summed E-state index contributed by atoms with van der Waals surface area (Å²) >= 11 is 0. The second-order valence-corrected chi connectivity index (χ2v) is 7.46. The number of nitrogens with zero attached hydrogens (tertiary/aromatic N) is 2. The van der Waals surface area contributed by atoms with Crippen molar-refractivity contribution in [1.82, 2.24) is 4.90 Å². The average molecular weight is 339 g/mol. The van der Waals surface area contributed by atoms with Crippen LogP contribution in [0.1, 0.15) is 45.1 Å². The van der Waals surface area contributed by atoms with Crippen molar-refractivity contribution in [1.29, 1.82) is 5.26 Å². The molecule has 2 fully saturated rings. The molecule has 1 saturated heterocycles. The van der Waals surface area contributed by atoms with Crippen LogP contribution in [0, 0.1) is 29.1 Å². The minimum absolute atomic E-state index is 0.0943. The van der Waals surface area contributed by atoms with Crippen LogP contribution in [0.3, 0.4) is 0 Å². The van der Waals surface area contributed by atoms with Crippen LogP contribution < -0.4 is 5.32 Å². The molecule has 4 atom stereocenters. The van der Waals surface area contributed by atoms with Crippen LogP contribution in [0.2, 0.25) is 0 Å². The van der Waals surface area contributed by atoms with Gasteiger partial charge >= 0.3 is 0 Å². The lowest BCUT2D eigenvalue weighted by Gasteiger charge is -2.40. The first-order valence-corrected chi connectivity index (χ1v) is 9.10. The third kappa shape index (κ3) is 3.68. The number of carbonyl (C=O) groups is 2. The van der Waals surface area contributed by atoms with E-state index >= 15 is 0 Å². The number of carbonyl (C=O) groups excluding carboxylic acids is 2. The summed E-state index contributed by atoms with van der Waals surface area (Å²) in [6.45, 7) is 4.98. The van der Waals surface area contributed by atoms with Gasteiger partial charge in [0, 0.05) is 24.7 Å². The zero-order valence-corrected chi connectivity index (χ0v) is 14.9. The Morgan fingerprint density at radius 3 is 2.88 bits per heavy atom. The van der Waals surface area contributed by atoms with Crippen molar-refractivity contribution in [3.05, 3.63) is 29.8 Å². The molecule has 1 aliphatic heterocycles. The second kappa shape index (κ2) is 7.26. The standard InChI is InChI=1S/C20H25N3O2/c1-13-5-3-8-18(14(13)2)23-12-16(10-19(23)24)20(25)22-17-7-4-6-15(9-17)11-21/h4,6-7,9,13-14,16,18H,3,5,8,10,12H2,1-2H3,(H,22,25)/t13-,14+,16+,18+/m0/s1. The highest BCUT2D eigenvalue weighted by Gasteiger charge is 2.41. The summed E-state index contributed by atoms with van der Waals surface area (Å²) in [6, 6.07) is 9.17. The van der Waals surface area contributed by atoms with E-state index in [0.717, 1.165) is 12.8 Å². The van der Waals surface area contributed by atoms with E-state index < -0.39 is 0 Å². The van der Waals surface area contributed by atoms with Crippen LogP contribution >= 0.6 is 0 Å². The molecule has 1 N–H and O–H groups in total. The lowest BCUT2D eigenvalue weighted by molar-refractivity contribution is -0.131. The Bertz CT molecular complexity index is 709. The Morgan fingerprint density at radius 1 is 1.32 bits per heavy atom. The van der Waals surface area contributed by atoms with Gasteiger partial charge in [0.2, 0.25) is 11.8 Å². The molecule has 1 aromatic rings. The number of likely N-dealkylation sites (tertiary alicyclic amines) is 1. The van der Waals surface area contributed by atoms with E-state index in [4.69, 9.17) is 5.26 Å². The van der Waals surface area contributed by atoms with Crippen LogP contribution in [-0.4, -0.2) is 29.3 Å². The van der Waals surface area contributed by atoms with Crippen molar-refractivity contribution in [2.75, 3.05) is 11.9 Å². The summed E-state index contributed by atoms with van der Waals surface area (Å²) in [5.41, 5.74) is 1.11. The summed E-state index contributed by atoms with van der Waals surface area (Å²) in [4.78, 5) is 27.0. The maximum absolute atomic E-state index is 12.6. The van der Waals surface area contributed by atoms with Crippen molar-refractivity contribution in [3.8, 4) is 6.07 Å². The van der Waals surface area contributed by atoms with Crippen molar-refractivity contribution in [2.45, 2.75) is 45.6 Å². The maximum Gasteiger partial charge on any atom is 0.229 e. The van der Waals surface area contributed by atoms with E-state index in [1.807, 2.05) is 4.90 Å². The highest BCUT2D eigenvalue weighted by molar-refractivity contribution is 5.97. The molecule has 0 spiro atoms. The third-order valence-electron chi connectivity index (χ3n) is 5.85. The Labute approximate surface area is 149 Å². The topological polar surface area (TPSA) is 73.2 Å². The third-order valence-corrected chi connectivity index (χ3v) is 5.85. The van der Waals surface area contributed by atoms with Gasteiger partial charge in [0.15, 0.2) is 0 Å². The van der Waals surface area contributed by atoms with Gasteiger partial charge in [-0.05, 0) is 36.5 Å². The molecule has 0 aromatic heterocycles. The number of rotatable bonds is 3. The maximum atomic E-state index is 12.6. The minimum atomic E-state index is -0.317. The van der Waals surface area contributed by atoms with Crippen LogP contribution in [0.15, 0.2) is 24.3 Å². The fourth-order valence-electron chi connectivity index (χ4n) is 4.13. The van der Waals surface area contributed by atoms with Crippen molar-refractivity contribution < 1.29 is 9.59 Å². The van der Waals surface area contributed by atoms with Gasteiger partial charge in [-0.25, -0.2) is 0 Å². The molecule has 1 aliphatic carbocycles. The van der Waals surface area contributed by atoms with E-state index in [2.05, 4.69) is 25.2 Å². The van der Waals surface area contributed by atoms with Crippen LogP contribution in [0.5, 0.6) is 0 Å². The Morgan fingerprint density at radius 2 is 2.12 bits per heavy atom. The fraction of sp³-hybridized carbons (Fsp3) is 0.550. The molecule has 25 heavy (non-hydrogen) atoms. The first-order valence-electron chi connectivity index (χ1n) is 9.10. The molecule has 3 rings (SSSR count). The van der Waals surface area contributed by atoms with Crippen molar-refractivity contribution in [2.24, 2.45) is 17.8 Å². The molecular formula is C20H25N3O2. The van der Waals surface area contributed by atoms with Gasteiger partial charge in [0.1, 0.15) is 0 Å². The van der Waals surface area contributed by atoms with Gasteiger partial charge in [-0.2, -0.15) is 5.26 Å². The highest BCUT2D eigenvalue weighted by Crippen LogP contribution is 2.35. The number of hydrogen-bond donors (Lipinski definition) is 1. The first-order chi connectivity index (χ1) is 12.0. The first kappa shape index (κ1) is 17.5. The SMILES string of the molecule is C[C@H]1[C@H](N2C[C@H](C(=O)Nc3cccc(C#N)c3)CC2=O)CCC[C@@H]1C. The lowest BCUT2D eigenvalue weighted by atomic mass is 9.77. The summed E-state index contributed by atoms with van der Waals surface area (Å²) < 4.78 is 0. The molecule has 132 valence electrons. The zero-order chi connectivity index (χ0) is 18.0. The van der Waals surface area contributed by atoms with Gasteiger partial charge in [-0.1, -0.05) is 32.8 Å². The highest BCUT2D eigenvalue weighted by atomic mass is 16.2. The quantitative estimate of drug-likeness (QED) is 0.919. The normalized spacial score (nSPS) is 29.3. The average Bonchev–Trinajstić information content (AvgIpc) is 2.99. The molecule has 5 nitrogen and oxygen atoms in total. The summed E-state index contributed by atoms with van der Waals surface area (Å²) in [6.07, 6.45) is 3.69. The second-order valence-electron chi connectivity index (χ2n) is 7.46. The molecule has 2 amide bonds. The zero-order valence-electron chi connectivity index (χ0n) is 14.9. The van der Waals surface area contributed by atoms with Crippen LogP contribution in [-0.2, 0) is 9.59 Å². The Balaban J connectivity index is 1.65. The van der Waals surface area contributed by atoms with Gasteiger partial charge < -0.3 is 10.2 Å². The predicted molar refractivity (Wildman–Crippen MR) is 95.6 cm³/mol. The Kier molecular flexibility index (Phi) is 5.08. The number of benzene rings is 1. The summed E-state index contributed by atoms with van der Waals surface area (Å²) in [5, 5.41) is 11.8. The molecule has 0 bridgehead atoms. The van der Waals surface area contributed by atoms with E-state index in [0.29, 0.717) is 29.6 Å². The number of anilines is 1. The molecule has 0 unspecified atom stereocenters. The monoisotopic (exact) mass is 339 g/mol. The summed E-state index contributed by atoms with van der Waals surface area (Å²) in [5.74, 6) is 0.738. The van der Waals surface area contributed by atoms with Gasteiger partial charge in [-0.3, -0.25) is 9.59 Å². The van der Waals surface area contributed by atoms with Gasteiger partial charge in [-0.15, -0.1) is 0 Å². The fourth-order valence-corrected chi connectivity index (χ4v) is 4.13. The minimum Gasteiger partial charge on any atom is -0.339 e. The van der Waals surface area contributed by atoms with E-state index in [1.54, 1.807) is 24.3 Å². The number of nitrogens with one attached hydrogen (secondary N) is 1. The molecule has 0 radical (unpaired) electrons. The molecule has 5 heteroatoms.